The lowest BCUT2D eigenvalue weighted by atomic mass is 10.0. The van der Waals surface area contributed by atoms with Crippen LogP contribution in [0.15, 0.2) is 42.7 Å². The molecule has 12 heteroatoms. The summed E-state index contributed by atoms with van der Waals surface area (Å²) in [5, 5.41) is 5.29. The maximum absolute atomic E-state index is 14.3. The lowest BCUT2D eigenvalue weighted by Gasteiger charge is -2.07. The molecular weight excluding hydrogens is 482 g/mol. The number of ketones is 1. The van der Waals surface area contributed by atoms with E-state index in [9.17, 15) is 18.2 Å². The Morgan fingerprint density at radius 1 is 1.19 bits per heavy atom. The molecule has 0 radical (unpaired) electrons. The quantitative estimate of drug-likeness (QED) is 0.150. The minimum absolute atomic E-state index is 0.0414. The molecule has 1 amide bonds. The van der Waals surface area contributed by atoms with E-state index in [1.807, 2.05) is 0 Å². The predicted molar refractivity (Wildman–Crippen MR) is 122 cm³/mol. The molecule has 3 aromatic rings. The second-order valence-corrected chi connectivity index (χ2v) is 8.41. The first kappa shape index (κ1) is 23.9. The van der Waals surface area contributed by atoms with Crippen molar-refractivity contribution in [2.24, 2.45) is 0 Å². The van der Waals surface area contributed by atoms with Gasteiger partial charge in [-0.25, -0.2) is 13.6 Å². The van der Waals surface area contributed by atoms with Crippen LogP contribution < -0.4 is 10.6 Å². The largest absolute Gasteiger partial charge is 0.370 e. The van der Waals surface area contributed by atoms with Crippen molar-refractivity contribution >= 4 is 57.5 Å². The molecule has 4 N–H and O–H groups in total. The number of pyridine rings is 1. The zero-order chi connectivity index (χ0) is 23.3. The summed E-state index contributed by atoms with van der Waals surface area (Å²) in [4.78, 5) is 31.9. The molecule has 0 fully saturated rings. The first-order valence-corrected chi connectivity index (χ1v) is 11.2. The van der Waals surface area contributed by atoms with Gasteiger partial charge in [0.2, 0.25) is 0 Å². The van der Waals surface area contributed by atoms with E-state index in [0.29, 0.717) is 24.5 Å². The van der Waals surface area contributed by atoms with Crippen LogP contribution in [0, 0.1) is 5.82 Å². The van der Waals surface area contributed by atoms with Crippen LogP contribution >= 0.6 is 23.2 Å². The molecule has 3 rings (SSSR count). The van der Waals surface area contributed by atoms with Crippen molar-refractivity contribution < 1.29 is 22.7 Å². The number of nitrogens with zero attached hydrogens (tertiary/aromatic N) is 1. The molecule has 0 spiro atoms. The molecule has 8 nitrogen and oxygen atoms in total. The van der Waals surface area contributed by atoms with Crippen LogP contribution in [-0.2, 0) is 11.1 Å². The van der Waals surface area contributed by atoms with Crippen LogP contribution in [0.1, 0.15) is 32.8 Å². The molecule has 2 heterocycles. The van der Waals surface area contributed by atoms with Crippen molar-refractivity contribution in [2.75, 3.05) is 22.9 Å². The third-order valence-corrected chi connectivity index (χ3v) is 5.53. The second kappa shape index (κ2) is 10.7. The van der Waals surface area contributed by atoms with Gasteiger partial charge < -0.3 is 20.2 Å². The van der Waals surface area contributed by atoms with Gasteiger partial charge in [-0.1, -0.05) is 23.2 Å². The smallest absolute Gasteiger partial charge is 0.272 e. The summed E-state index contributed by atoms with van der Waals surface area (Å²) in [6, 6.07) is 7.10. The zero-order valence-electron chi connectivity index (χ0n) is 16.3. The summed E-state index contributed by atoms with van der Waals surface area (Å²) in [5.74, 6) is -1.47. The van der Waals surface area contributed by atoms with Gasteiger partial charge in [0.05, 0.1) is 33.2 Å². The zero-order valence-corrected chi connectivity index (χ0v) is 18.7. The van der Waals surface area contributed by atoms with E-state index in [-0.39, 0.29) is 32.6 Å². The van der Waals surface area contributed by atoms with Gasteiger partial charge in [-0.15, -0.1) is 0 Å². The highest BCUT2D eigenvalue weighted by molar-refractivity contribution is 7.79. The number of carbonyl (C=O) groups is 2. The molecule has 1 atom stereocenters. The third-order valence-electron chi connectivity index (χ3n) is 4.28. The Morgan fingerprint density at radius 2 is 1.94 bits per heavy atom. The van der Waals surface area contributed by atoms with Crippen molar-refractivity contribution in [1.29, 1.82) is 0 Å². The van der Waals surface area contributed by atoms with E-state index < -0.39 is 28.6 Å². The number of H-pyrrole nitrogens is 1. The number of anilines is 2. The summed E-state index contributed by atoms with van der Waals surface area (Å²) in [7, 11) is 0. The first-order valence-electron chi connectivity index (χ1n) is 9.21. The SMILES string of the molecule is O=C(Nc1ccc(NCCCS(=O)O)nc1)c1cc(C(=O)c2c(Cl)ccc(Cl)c2F)c[nH]1. The minimum atomic E-state index is -1.83. The second-order valence-electron chi connectivity index (χ2n) is 6.54. The van der Waals surface area contributed by atoms with Crippen LogP contribution in [0.5, 0.6) is 0 Å². The van der Waals surface area contributed by atoms with E-state index in [1.54, 1.807) is 12.1 Å². The Kier molecular flexibility index (Phi) is 7.97. The fraction of sp³-hybridized carbons (Fsp3) is 0.150. The summed E-state index contributed by atoms with van der Waals surface area (Å²) in [6.45, 7) is 0.474. The maximum Gasteiger partial charge on any atom is 0.272 e. The Morgan fingerprint density at radius 3 is 2.62 bits per heavy atom. The standard InChI is InChI=1S/C20H17Cl2FN4O4S/c21-13-3-4-14(22)18(23)17(13)19(28)11-8-15(25-9-11)20(29)27-12-2-5-16(26-10-12)24-6-1-7-32(30)31/h2-5,8-10,25H,1,6-7H2,(H,24,26)(H,27,29)(H,30,31). The van der Waals surface area contributed by atoms with Crippen LogP contribution in [0.4, 0.5) is 15.9 Å². The summed E-state index contributed by atoms with van der Waals surface area (Å²) >= 11 is 9.84. The van der Waals surface area contributed by atoms with E-state index in [0.717, 1.165) is 0 Å². The molecular formula is C20H17Cl2FN4O4S. The van der Waals surface area contributed by atoms with Gasteiger partial charge in [0.1, 0.15) is 11.5 Å². The maximum atomic E-state index is 14.3. The number of halogens is 3. The molecule has 0 bridgehead atoms. The van der Waals surface area contributed by atoms with E-state index in [2.05, 4.69) is 20.6 Å². The number of nitrogens with one attached hydrogen (secondary N) is 3. The highest BCUT2D eigenvalue weighted by atomic mass is 35.5. The Bertz CT molecular complexity index is 1170. The predicted octanol–water partition coefficient (Wildman–Crippen LogP) is 4.36. The number of hydrogen-bond acceptors (Lipinski definition) is 5. The van der Waals surface area contributed by atoms with E-state index in [1.165, 1.54) is 30.6 Å². The van der Waals surface area contributed by atoms with Crippen molar-refractivity contribution in [3.05, 3.63) is 75.4 Å². The van der Waals surface area contributed by atoms with Gasteiger partial charge in [-0.05, 0) is 36.8 Å². The average Bonchev–Trinajstić information content (AvgIpc) is 3.25. The normalized spacial score (nSPS) is 11.8. The van der Waals surface area contributed by atoms with Gasteiger partial charge in [-0.3, -0.25) is 9.59 Å². The van der Waals surface area contributed by atoms with E-state index in [4.69, 9.17) is 27.8 Å². The fourth-order valence-corrected chi connectivity index (χ4v) is 3.50. The first-order chi connectivity index (χ1) is 15.3. The van der Waals surface area contributed by atoms with Crippen LogP contribution in [0.25, 0.3) is 0 Å². The van der Waals surface area contributed by atoms with Crippen LogP contribution in [0.2, 0.25) is 10.0 Å². The lowest BCUT2D eigenvalue weighted by molar-refractivity contribution is 0.102. The molecule has 1 unspecified atom stereocenters. The molecule has 1 aromatic carbocycles. The van der Waals surface area contributed by atoms with Gasteiger partial charge in [-0.2, -0.15) is 0 Å². The molecule has 0 saturated carbocycles. The van der Waals surface area contributed by atoms with Crippen LogP contribution in [0.3, 0.4) is 0 Å². The summed E-state index contributed by atoms with van der Waals surface area (Å²) < 4.78 is 33.6. The number of benzene rings is 1. The Balaban J connectivity index is 1.63. The lowest BCUT2D eigenvalue weighted by Crippen LogP contribution is -2.13. The van der Waals surface area contributed by atoms with E-state index >= 15 is 0 Å². The Hall–Kier alpha value is -2.79. The topological polar surface area (TPSA) is 124 Å². The molecule has 0 saturated heterocycles. The monoisotopic (exact) mass is 498 g/mol. The molecule has 0 aliphatic rings. The molecule has 32 heavy (non-hydrogen) atoms. The number of amides is 1. The summed E-state index contributed by atoms with van der Waals surface area (Å²) in [6.07, 6.45) is 3.21. The van der Waals surface area contributed by atoms with Gasteiger partial charge >= 0.3 is 0 Å². The number of aromatic amines is 1. The van der Waals surface area contributed by atoms with Gasteiger partial charge in [0, 0.05) is 18.3 Å². The molecule has 2 aromatic heterocycles. The van der Waals surface area contributed by atoms with Gasteiger partial charge in [0.15, 0.2) is 22.7 Å². The number of rotatable bonds is 9. The number of hydrogen-bond donors (Lipinski definition) is 4. The molecule has 0 aliphatic carbocycles. The summed E-state index contributed by atoms with van der Waals surface area (Å²) in [5.41, 5.74) is 0.150. The van der Waals surface area contributed by atoms with Crippen LogP contribution in [-0.4, -0.2) is 42.7 Å². The highest BCUT2D eigenvalue weighted by Gasteiger charge is 2.22. The minimum Gasteiger partial charge on any atom is -0.370 e. The van der Waals surface area contributed by atoms with Crippen molar-refractivity contribution in [3.8, 4) is 0 Å². The molecule has 168 valence electrons. The van der Waals surface area contributed by atoms with Gasteiger partial charge in [0.25, 0.3) is 5.91 Å². The average molecular weight is 499 g/mol. The van der Waals surface area contributed by atoms with Crippen molar-refractivity contribution in [1.82, 2.24) is 9.97 Å². The number of aromatic nitrogens is 2. The fourth-order valence-electron chi connectivity index (χ4n) is 2.72. The third kappa shape index (κ3) is 5.92. The Labute approximate surface area is 194 Å². The van der Waals surface area contributed by atoms with Crippen molar-refractivity contribution in [3.63, 3.8) is 0 Å². The molecule has 0 aliphatic heterocycles. The van der Waals surface area contributed by atoms with Crippen molar-refractivity contribution in [2.45, 2.75) is 6.42 Å². The highest BCUT2D eigenvalue weighted by Crippen LogP contribution is 2.28. The number of carbonyl (C=O) groups excluding carboxylic acids is 2.